The Morgan fingerprint density at radius 2 is 2.50 bits per heavy atom. The van der Waals surface area contributed by atoms with E-state index in [9.17, 15) is 4.79 Å². The van der Waals surface area contributed by atoms with Crippen molar-refractivity contribution in [3.8, 4) is 0 Å². The topological polar surface area (TPSA) is 50.2 Å². The molecule has 1 rings (SSSR count). The van der Waals surface area contributed by atoms with E-state index in [2.05, 4.69) is 4.98 Å². The van der Waals surface area contributed by atoms with Gasteiger partial charge < -0.3 is 5.11 Å². The van der Waals surface area contributed by atoms with Crippen LogP contribution in [-0.4, -0.2) is 16.1 Å². The van der Waals surface area contributed by atoms with Gasteiger partial charge in [-0.05, 0) is 18.1 Å². The molecule has 1 heterocycles. The third kappa shape index (κ3) is 2.34. The Morgan fingerprint density at radius 3 is 3.00 bits per heavy atom. The van der Waals surface area contributed by atoms with Gasteiger partial charge in [0, 0.05) is 12.4 Å². The second-order valence-electron chi connectivity index (χ2n) is 2.80. The summed E-state index contributed by atoms with van der Waals surface area (Å²) < 4.78 is 0. The second-order valence-corrected chi connectivity index (χ2v) is 2.80. The molecule has 0 saturated carbocycles. The van der Waals surface area contributed by atoms with E-state index in [1.807, 2.05) is 12.1 Å². The molecule has 3 nitrogen and oxygen atoms in total. The molecule has 1 N–H and O–H groups in total. The number of pyridine rings is 1. The molecule has 64 valence electrons. The summed E-state index contributed by atoms with van der Waals surface area (Å²) in [5, 5.41) is 8.62. The van der Waals surface area contributed by atoms with Crippen LogP contribution in [0.5, 0.6) is 0 Å². The average Bonchev–Trinajstić information content (AvgIpc) is 2.06. The monoisotopic (exact) mass is 165 g/mol. The number of nitrogens with zero attached hydrogens (tertiary/aromatic N) is 1. The Morgan fingerprint density at radius 1 is 1.75 bits per heavy atom. The number of rotatable bonds is 3. The summed E-state index contributed by atoms with van der Waals surface area (Å²) in [7, 11) is 0. The first-order valence-electron chi connectivity index (χ1n) is 3.82. The number of carboxylic acid groups (broad SMARTS) is 1. The molecule has 0 aliphatic heterocycles. The zero-order valence-corrected chi connectivity index (χ0v) is 6.90. The molecule has 12 heavy (non-hydrogen) atoms. The molecule has 0 aromatic carbocycles. The first-order chi connectivity index (χ1) is 5.70. The van der Waals surface area contributed by atoms with Crippen molar-refractivity contribution in [1.29, 1.82) is 0 Å². The first kappa shape index (κ1) is 8.71. The summed E-state index contributed by atoms with van der Waals surface area (Å²) in [5.74, 6) is -1.10. The molecule has 1 atom stereocenters. The van der Waals surface area contributed by atoms with Gasteiger partial charge >= 0.3 is 5.97 Å². The third-order valence-corrected chi connectivity index (χ3v) is 1.69. The van der Waals surface area contributed by atoms with Crippen LogP contribution >= 0.6 is 0 Å². The number of aromatic nitrogens is 1. The van der Waals surface area contributed by atoms with E-state index in [-0.39, 0.29) is 5.92 Å². The van der Waals surface area contributed by atoms with Crippen LogP contribution in [0.15, 0.2) is 24.5 Å². The fraction of sp³-hybridized carbons (Fsp3) is 0.333. The summed E-state index contributed by atoms with van der Waals surface area (Å²) in [5.41, 5.74) is 0.965. The standard InChI is InChI=1S/C9H11NO2/c1-7(9(11)12)5-8-3-2-4-10-6-8/h2-4,6-7H,5H2,1H3,(H,11,12). The normalized spacial score (nSPS) is 12.4. The van der Waals surface area contributed by atoms with Crippen LogP contribution in [0, 0.1) is 5.92 Å². The van der Waals surface area contributed by atoms with Crippen molar-refractivity contribution >= 4 is 5.97 Å². The van der Waals surface area contributed by atoms with Crippen molar-refractivity contribution in [3.05, 3.63) is 30.1 Å². The van der Waals surface area contributed by atoms with Crippen molar-refractivity contribution in [2.75, 3.05) is 0 Å². The van der Waals surface area contributed by atoms with Crippen molar-refractivity contribution in [2.45, 2.75) is 13.3 Å². The Bertz CT molecular complexity index is 258. The highest BCUT2D eigenvalue weighted by atomic mass is 16.4. The fourth-order valence-electron chi connectivity index (χ4n) is 0.960. The summed E-state index contributed by atoms with van der Waals surface area (Å²) in [6.07, 6.45) is 3.91. The van der Waals surface area contributed by atoms with Crippen molar-refractivity contribution in [3.63, 3.8) is 0 Å². The highest BCUT2D eigenvalue weighted by Crippen LogP contribution is 2.06. The van der Waals surface area contributed by atoms with E-state index in [4.69, 9.17) is 5.11 Å². The van der Waals surface area contributed by atoms with Gasteiger partial charge in [0.2, 0.25) is 0 Å². The van der Waals surface area contributed by atoms with Crippen LogP contribution in [0.2, 0.25) is 0 Å². The van der Waals surface area contributed by atoms with Crippen LogP contribution in [0.3, 0.4) is 0 Å². The Labute approximate surface area is 71.1 Å². The Hall–Kier alpha value is -1.38. The Kier molecular flexibility index (Phi) is 2.80. The lowest BCUT2D eigenvalue weighted by atomic mass is 10.0. The molecular formula is C9H11NO2. The zero-order valence-electron chi connectivity index (χ0n) is 6.90. The highest BCUT2D eigenvalue weighted by Gasteiger charge is 2.10. The number of aliphatic carboxylic acids is 1. The molecule has 0 spiro atoms. The van der Waals surface area contributed by atoms with Gasteiger partial charge in [-0.2, -0.15) is 0 Å². The molecule has 0 bridgehead atoms. The average molecular weight is 165 g/mol. The lowest BCUT2D eigenvalue weighted by Crippen LogP contribution is -2.12. The molecule has 0 aliphatic rings. The number of carbonyl (C=O) groups is 1. The summed E-state index contributed by atoms with van der Waals surface area (Å²) >= 11 is 0. The smallest absolute Gasteiger partial charge is 0.306 e. The van der Waals surface area contributed by atoms with Crippen LogP contribution in [0.25, 0.3) is 0 Å². The largest absolute Gasteiger partial charge is 0.481 e. The number of hydrogen-bond acceptors (Lipinski definition) is 2. The van der Waals surface area contributed by atoms with Crippen LogP contribution < -0.4 is 0 Å². The van der Waals surface area contributed by atoms with Crippen molar-refractivity contribution in [1.82, 2.24) is 4.98 Å². The van der Waals surface area contributed by atoms with Gasteiger partial charge in [0.15, 0.2) is 0 Å². The molecule has 0 aliphatic carbocycles. The minimum Gasteiger partial charge on any atom is -0.481 e. The van der Waals surface area contributed by atoms with E-state index in [1.165, 1.54) is 0 Å². The van der Waals surface area contributed by atoms with Gasteiger partial charge in [-0.1, -0.05) is 13.0 Å². The fourth-order valence-corrected chi connectivity index (χ4v) is 0.960. The summed E-state index contributed by atoms with van der Waals surface area (Å²) in [6.45, 7) is 1.69. The van der Waals surface area contributed by atoms with E-state index in [0.29, 0.717) is 6.42 Å². The SMILES string of the molecule is CC(Cc1cccnc1)C(=O)O. The minimum absolute atomic E-state index is 0.339. The van der Waals surface area contributed by atoms with Crippen LogP contribution in [0.1, 0.15) is 12.5 Å². The maximum atomic E-state index is 10.5. The zero-order chi connectivity index (χ0) is 8.97. The first-order valence-corrected chi connectivity index (χ1v) is 3.82. The number of hydrogen-bond donors (Lipinski definition) is 1. The van der Waals surface area contributed by atoms with Gasteiger partial charge in [-0.15, -0.1) is 0 Å². The van der Waals surface area contributed by atoms with Gasteiger partial charge in [-0.3, -0.25) is 9.78 Å². The predicted molar refractivity (Wildman–Crippen MR) is 44.7 cm³/mol. The molecule has 0 radical (unpaired) electrons. The molecule has 0 fully saturated rings. The third-order valence-electron chi connectivity index (χ3n) is 1.69. The van der Waals surface area contributed by atoms with Crippen LogP contribution in [-0.2, 0) is 11.2 Å². The van der Waals surface area contributed by atoms with E-state index >= 15 is 0 Å². The molecule has 1 aromatic rings. The van der Waals surface area contributed by atoms with Gasteiger partial charge in [0.05, 0.1) is 5.92 Å². The maximum absolute atomic E-state index is 10.5. The quantitative estimate of drug-likeness (QED) is 0.735. The molecule has 1 aromatic heterocycles. The van der Waals surface area contributed by atoms with E-state index in [1.54, 1.807) is 19.3 Å². The van der Waals surface area contributed by atoms with Crippen molar-refractivity contribution < 1.29 is 9.90 Å². The lowest BCUT2D eigenvalue weighted by molar-refractivity contribution is -0.141. The van der Waals surface area contributed by atoms with Gasteiger partial charge in [0.25, 0.3) is 0 Å². The lowest BCUT2D eigenvalue weighted by Gasteiger charge is -2.04. The number of carboxylic acids is 1. The van der Waals surface area contributed by atoms with Gasteiger partial charge in [0.1, 0.15) is 0 Å². The molecule has 0 amide bonds. The van der Waals surface area contributed by atoms with Gasteiger partial charge in [-0.25, -0.2) is 0 Å². The molecular weight excluding hydrogens is 154 g/mol. The second kappa shape index (κ2) is 3.85. The Balaban J connectivity index is 2.58. The molecule has 1 unspecified atom stereocenters. The van der Waals surface area contributed by atoms with Crippen LogP contribution in [0.4, 0.5) is 0 Å². The minimum atomic E-state index is -0.765. The highest BCUT2D eigenvalue weighted by molar-refractivity contribution is 5.69. The summed E-state index contributed by atoms with van der Waals surface area (Å²) in [4.78, 5) is 14.4. The predicted octanol–water partition coefficient (Wildman–Crippen LogP) is 1.34. The maximum Gasteiger partial charge on any atom is 0.306 e. The summed E-state index contributed by atoms with van der Waals surface area (Å²) in [6, 6.07) is 3.69. The molecule has 0 saturated heterocycles. The van der Waals surface area contributed by atoms with E-state index in [0.717, 1.165) is 5.56 Å². The van der Waals surface area contributed by atoms with Crippen molar-refractivity contribution in [2.24, 2.45) is 5.92 Å². The van der Waals surface area contributed by atoms with E-state index < -0.39 is 5.97 Å². The molecule has 3 heteroatoms.